The Balaban J connectivity index is 2.17. The van der Waals surface area contributed by atoms with Crippen LogP contribution in [0, 0.1) is 0 Å². The lowest BCUT2D eigenvalue weighted by Gasteiger charge is -2.27. The average Bonchev–Trinajstić information content (AvgIpc) is 3.21. The highest BCUT2D eigenvalue weighted by atomic mass is 35.6. The number of rotatable bonds is 7. The molecule has 0 bridgehead atoms. The van der Waals surface area contributed by atoms with Crippen molar-refractivity contribution in [3.8, 4) is 5.75 Å². The van der Waals surface area contributed by atoms with Crippen LogP contribution in [0.1, 0.15) is 10.6 Å². The molecule has 0 aliphatic rings. The highest BCUT2D eigenvalue weighted by Gasteiger charge is 2.35. The third-order valence-corrected chi connectivity index (χ3v) is 5.82. The number of alkyl halides is 3. The van der Waals surface area contributed by atoms with Gasteiger partial charge in [-0.05, 0) is 36.5 Å². The molecule has 1 amide bonds. The summed E-state index contributed by atoms with van der Waals surface area (Å²) >= 11 is 23.0. The number of ether oxygens (including phenoxy) is 1. The molecular weight excluding hydrogens is 497 g/mol. The van der Waals surface area contributed by atoms with Crippen molar-refractivity contribution in [2.75, 3.05) is 12.4 Å². The lowest BCUT2D eigenvalue weighted by Crippen LogP contribution is -2.56. The first kappa shape index (κ1) is 24.3. The molecule has 0 aliphatic heterocycles. The SMILES string of the molecule is C=CS(=O)(=O)c1ccc(NC(=S)NC(NC(=O)c2ccco2)C(Cl)(Cl)Cl)c(OC)c1. The summed E-state index contributed by atoms with van der Waals surface area (Å²) in [5.74, 6) is -0.439. The summed E-state index contributed by atoms with van der Waals surface area (Å²) in [4.78, 5) is 12.2. The van der Waals surface area contributed by atoms with Crippen LogP contribution in [0.4, 0.5) is 5.69 Å². The number of sulfone groups is 1. The van der Waals surface area contributed by atoms with E-state index >= 15 is 0 Å². The molecule has 1 unspecified atom stereocenters. The fraction of sp³-hybridized carbons (Fsp3) is 0.176. The highest BCUT2D eigenvalue weighted by Crippen LogP contribution is 2.30. The van der Waals surface area contributed by atoms with Crippen LogP contribution in [0.2, 0.25) is 0 Å². The maximum absolute atomic E-state index is 12.2. The quantitative estimate of drug-likeness (QED) is 0.293. The van der Waals surface area contributed by atoms with Crippen molar-refractivity contribution in [2.45, 2.75) is 14.9 Å². The number of furan rings is 1. The van der Waals surface area contributed by atoms with Crippen LogP contribution in [-0.2, 0) is 9.84 Å². The van der Waals surface area contributed by atoms with Gasteiger partial charge in [-0.15, -0.1) is 0 Å². The fourth-order valence-corrected chi connectivity index (χ4v) is 3.42. The first-order valence-electron chi connectivity index (χ1n) is 8.02. The minimum absolute atomic E-state index is 0.00983. The van der Waals surface area contributed by atoms with E-state index in [0.717, 1.165) is 5.41 Å². The lowest BCUT2D eigenvalue weighted by molar-refractivity contribution is 0.0906. The minimum atomic E-state index is -3.65. The molecule has 0 spiro atoms. The zero-order valence-corrected chi connectivity index (χ0v) is 19.2. The molecule has 13 heteroatoms. The normalized spacial score (nSPS) is 12.5. The standard InChI is InChI=1S/C17H16Cl3N3O5S2/c1-3-30(25,26)10-6-7-11(13(9-10)27-2)21-16(29)23-15(17(18,19)20)22-14(24)12-5-4-8-28-12/h3-9,15H,1H2,2H3,(H,22,24)(H2,21,23,29). The molecule has 3 N–H and O–H groups in total. The molecule has 1 atom stereocenters. The van der Waals surface area contributed by atoms with Gasteiger partial charge in [0, 0.05) is 11.5 Å². The van der Waals surface area contributed by atoms with Crippen molar-refractivity contribution in [3.05, 3.63) is 54.3 Å². The Bertz CT molecular complexity index is 1040. The molecule has 2 aromatic rings. The van der Waals surface area contributed by atoms with Crippen molar-refractivity contribution in [1.82, 2.24) is 10.6 Å². The largest absolute Gasteiger partial charge is 0.495 e. The number of carbonyl (C=O) groups is 1. The molecule has 1 aromatic heterocycles. The molecule has 30 heavy (non-hydrogen) atoms. The molecule has 8 nitrogen and oxygen atoms in total. The molecule has 162 valence electrons. The van der Waals surface area contributed by atoms with Crippen LogP contribution >= 0.6 is 47.0 Å². The monoisotopic (exact) mass is 511 g/mol. The van der Waals surface area contributed by atoms with Crippen LogP contribution in [-0.4, -0.2) is 36.5 Å². The summed E-state index contributed by atoms with van der Waals surface area (Å²) in [6.45, 7) is 3.28. The summed E-state index contributed by atoms with van der Waals surface area (Å²) < 4.78 is 32.1. The number of thiocarbonyl (C=S) groups is 1. The predicted octanol–water partition coefficient (Wildman–Crippen LogP) is 3.62. The van der Waals surface area contributed by atoms with E-state index in [1.54, 1.807) is 0 Å². The van der Waals surface area contributed by atoms with E-state index in [0.29, 0.717) is 5.69 Å². The number of nitrogens with one attached hydrogen (secondary N) is 3. The van der Waals surface area contributed by atoms with Gasteiger partial charge in [-0.1, -0.05) is 41.4 Å². The number of methoxy groups -OCH3 is 1. The van der Waals surface area contributed by atoms with Gasteiger partial charge in [0.2, 0.25) is 3.79 Å². The number of carbonyl (C=O) groups excluding carboxylic acids is 1. The molecule has 2 rings (SSSR count). The van der Waals surface area contributed by atoms with Gasteiger partial charge >= 0.3 is 0 Å². The Morgan fingerprint density at radius 3 is 2.53 bits per heavy atom. The zero-order chi connectivity index (χ0) is 22.5. The van der Waals surface area contributed by atoms with Crippen molar-refractivity contribution in [3.63, 3.8) is 0 Å². The van der Waals surface area contributed by atoms with Crippen LogP contribution in [0.5, 0.6) is 5.75 Å². The van der Waals surface area contributed by atoms with Gasteiger partial charge in [0.1, 0.15) is 11.9 Å². The van der Waals surface area contributed by atoms with Crippen LogP contribution < -0.4 is 20.7 Å². The Morgan fingerprint density at radius 2 is 2.00 bits per heavy atom. The van der Waals surface area contributed by atoms with E-state index in [1.807, 2.05) is 0 Å². The van der Waals surface area contributed by atoms with Crippen molar-refractivity contribution in [1.29, 1.82) is 0 Å². The van der Waals surface area contributed by atoms with Crippen molar-refractivity contribution < 1.29 is 22.4 Å². The third-order valence-electron chi connectivity index (χ3n) is 3.59. The maximum Gasteiger partial charge on any atom is 0.288 e. The van der Waals surface area contributed by atoms with Crippen LogP contribution in [0.3, 0.4) is 0 Å². The first-order chi connectivity index (χ1) is 14.0. The van der Waals surface area contributed by atoms with E-state index in [2.05, 4.69) is 22.5 Å². The first-order valence-corrected chi connectivity index (χ1v) is 11.1. The molecule has 1 aromatic carbocycles. The number of anilines is 1. The van der Waals surface area contributed by atoms with Crippen LogP contribution in [0.25, 0.3) is 0 Å². The zero-order valence-electron chi connectivity index (χ0n) is 15.3. The molecule has 0 fully saturated rings. The minimum Gasteiger partial charge on any atom is -0.495 e. The fourth-order valence-electron chi connectivity index (χ4n) is 2.15. The Kier molecular flexibility index (Phi) is 8.00. The highest BCUT2D eigenvalue weighted by molar-refractivity contribution is 7.94. The summed E-state index contributed by atoms with van der Waals surface area (Å²) in [6.07, 6.45) is 0.0907. The molecular formula is C17H16Cl3N3O5S2. The smallest absolute Gasteiger partial charge is 0.288 e. The van der Waals surface area contributed by atoms with Gasteiger partial charge in [-0.25, -0.2) is 8.42 Å². The molecule has 0 saturated carbocycles. The number of hydrogen-bond donors (Lipinski definition) is 3. The van der Waals surface area contributed by atoms with Gasteiger partial charge in [-0.3, -0.25) is 4.79 Å². The van der Waals surface area contributed by atoms with E-state index in [1.165, 1.54) is 43.7 Å². The second-order valence-electron chi connectivity index (χ2n) is 5.60. The molecule has 0 saturated heterocycles. The summed E-state index contributed by atoms with van der Waals surface area (Å²) in [5, 5.41) is 8.70. The van der Waals surface area contributed by atoms with E-state index in [9.17, 15) is 13.2 Å². The Hall–Kier alpha value is -1.98. The van der Waals surface area contributed by atoms with Crippen LogP contribution in [0.15, 0.2) is 57.9 Å². The number of benzene rings is 1. The van der Waals surface area contributed by atoms with Gasteiger partial charge < -0.3 is 25.1 Å². The predicted molar refractivity (Wildman–Crippen MR) is 120 cm³/mol. The van der Waals surface area contributed by atoms with Gasteiger partial charge in [0.05, 0.1) is 24.0 Å². The Labute approximate surface area is 193 Å². The Morgan fingerprint density at radius 1 is 1.30 bits per heavy atom. The van der Waals surface area contributed by atoms with Crippen molar-refractivity contribution >= 4 is 73.6 Å². The summed E-state index contributed by atoms with van der Waals surface area (Å²) in [5.41, 5.74) is 0.332. The lowest BCUT2D eigenvalue weighted by atomic mass is 10.3. The second-order valence-corrected chi connectivity index (χ2v) is 10.3. The maximum atomic E-state index is 12.2. The second kappa shape index (κ2) is 9.88. The van der Waals surface area contributed by atoms with E-state index in [-0.39, 0.29) is 21.5 Å². The van der Waals surface area contributed by atoms with Gasteiger partial charge in [-0.2, -0.15) is 0 Å². The summed E-state index contributed by atoms with van der Waals surface area (Å²) in [6, 6.07) is 7.05. The van der Waals surface area contributed by atoms with Gasteiger partial charge in [0.15, 0.2) is 20.7 Å². The topological polar surface area (TPSA) is 110 Å². The third kappa shape index (κ3) is 6.26. The summed E-state index contributed by atoms with van der Waals surface area (Å²) in [7, 11) is -2.29. The molecule has 0 aliphatic carbocycles. The van der Waals surface area contributed by atoms with E-state index < -0.39 is 25.7 Å². The van der Waals surface area contributed by atoms with Crippen molar-refractivity contribution in [2.24, 2.45) is 0 Å². The van der Waals surface area contributed by atoms with Gasteiger partial charge in [0.25, 0.3) is 5.91 Å². The average molecular weight is 513 g/mol. The number of amides is 1. The number of hydrogen-bond acceptors (Lipinski definition) is 6. The molecule has 1 heterocycles. The number of halogens is 3. The molecule has 0 radical (unpaired) electrons. The van der Waals surface area contributed by atoms with E-state index in [4.69, 9.17) is 56.2 Å².